The SMILES string of the molecule is COc1ccc(N2C(=O)C3Sc4[nH]c(=O)sc4C(c4cc([N+](=O)[O-])ccc4OCc4ccc(C)cc4)C3C2=O)cc1. The number of aryl methyl sites for hydroxylation is 1. The van der Waals surface area contributed by atoms with E-state index in [1.807, 2.05) is 31.2 Å². The molecule has 3 unspecified atom stereocenters. The summed E-state index contributed by atoms with van der Waals surface area (Å²) < 4.78 is 11.4. The molecule has 41 heavy (non-hydrogen) atoms. The van der Waals surface area contributed by atoms with Gasteiger partial charge < -0.3 is 14.5 Å². The molecule has 12 heteroatoms. The molecule has 4 aromatic rings. The number of hydrogen-bond acceptors (Lipinski definition) is 9. The number of benzene rings is 3. The van der Waals surface area contributed by atoms with Crippen LogP contribution in [0.5, 0.6) is 11.5 Å². The van der Waals surface area contributed by atoms with Gasteiger partial charge >= 0.3 is 4.87 Å². The maximum atomic E-state index is 14.0. The summed E-state index contributed by atoms with van der Waals surface area (Å²) in [5.41, 5.74) is 2.56. The van der Waals surface area contributed by atoms with Gasteiger partial charge in [0.05, 0.1) is 28.7 Å². The molecule has 1 N–H and O–H groups in total. The summed E-state index contributed by atoms with van der Waals surface area (Å²) in [5, 5.41) is 11.4. The number of non-ortho nitro benzene ring substituents is 1. The number of imide groups is 1. The summed E-state index contributed by atoms with van der Waals surface area (Å²) in [6.45, 7) is 2.16. The Labute approximate surface area is 242 Å². The largest absolute Gasteiger partial charge is 0.497 e. The van der Waals surface area contributed by atoms with Crippen LogP contribution in [0.3, 0.4) is 0 Å². The predicted octanol–water partition coefficient (Wildman–Crippen LogP) is 5.04. The summed E-state index contributed by atoms with van der Waals surface area (Å²) in [5.74, 6) is -1.72. The van der Waals surface area contributed by atoms with Crippen molar-refractivity contribution in [2.45, 2.75) is 29.7 Å². The predicted molar refractivity (Wildman–Crippen MR) is 154 cm³/mol. The molecule has 3 aromatic carbocycles. The number of thioether (sulfide) groups is 1. The first-order valence-electron chi connectivity index (χ1n) is 12.6. The van der Waals surface area contributed by atoms with E-state index in [1.165, 1.54) is 25.3 Å². The van der Waals surface area contributed by atoms with Crippen LogP contribution < -0.4 is 19.2 Å². The number of nitro benzene ring substituents is 1. The molecule has 2 amide bonds. The lowest BCUT2D eigenvalue weighted by molar-refractivity contribution is -0.385. The molecule has 0 saturated carbocycles. The number of nitro groups is 1. The van der Waals surface area contributed by atoms with E-state index >= 15 is 0 Å². The average Bonchev–Trinajstić information content (AvgIpc) is 3.46. The van der Waals surface area contributed by atoms with E-state index in [0.717, 1.165) is 39.1 Å². The Kier molecular flexibility index (Phi) is 6.88. The zero-order valence-corrected chi connectivity index (χ0v) is 23.5. The number of nitrogens with one attached hydrogen (secondary N) is 1. The Bertz CT molecular complexity index is 1730. The maximum Gasteiger partial charge on any atom is 0.305 e. The normalized spacial score (nSPS) is 19.6. The number of ether oxygens (including phenoxy) is 2. The Morgan fingerprint density at radius 3 is 2.41 bits per heavy atom. The highest BCUT2D eigenvalue weighted by atomic mass is 32.2. The number of hydrogen-bond donors (Lipinski definition) is 1. The second-order valence-electron chi connectivity index (χ2n) is 9.71. The number of rotatable bonds is 7. The lowest BCUT2D eigenvalue weighted by Gasteiger charge is -2.30. The van der Waals surface area contributed by atoms with Crippen LogP contribution in [0.4, 0.5) is 11.4 Å². The van der Waals surface area contributed by atoms with Crippen molar-refractivity contribution in [3.63, 3.8) is 0 Å². The van der Waals surface area contributed by atoms with E-state index in [-0.39, 0.29) is 17.2 Å². The molecule has 1 fully saturated rings. The zero-order chi connectivity index (χ0) is 28.8. The van der Waals surface area contributed by atoms with Crippen molar-refractivity contribution in [3.8, 4) is 11.5 Å². The van der Waals surface area contributed by atoms with Crippen molar-refractivity contribution in [1.29, 1.82) is 0 Å². The van der Waals surface area contributed by atoms with E-state index in [9.17, 15) is 24.5 Å². The van der Waals surface area contributed by atoms with Gasteiger partial charge in [0.1, 0.15) is 23.4 Å². The summed E-state index contributed by atoms with van der Waals surface area (Å²) in [6.07, 6.45) is 0. The number of fused-ring (bicyclic) bond motifs is 2. The van der Waals surface area contributed by atoms with E-state index in [2.05, 4.69) is 4.98 Å². The molecule has 6 rings (SSSR count). The molecule has 3 atom stereocenters. The Hall–Kier alpha value is -4.42. The molecule has 10 nitrogen and oxygen atoms in total. The van der Waals surface area contributed by atoms with Crippen LogP contribution in [-0.2, 0) is 16.2 Å². The minimum absolute atomic E-state index is 0.182. The Balaban J connectivity index is 1.46. The Morgan fingerprint density at radius 1 is 1.00 bits per heavy atom. The van der Waals surface area contributed by atoms with E-state index in [1.54, 1.807) is 24.3 Å². The van der Waals surface area contributed by atoms with Gasteiger partial charge in [0.15, 0.2) is 0 Å². The smallest absolute Gasteiger partial charge is 0.305 e. The topological polar surface area (TPSA) is 132 Å². The van der Waals surface area contributed by atoms with Gasteiger partial charge in [-0.25, -0.2) is 4.90 Å². The highest BCUT2D eigenvalue weighted by Crippen LogP contribution is 2.55. The lowest BCUT2D eigenvalue weighted by atomic mass is 9.82. The fraction of sp³-hybridized carbons (Fsp3) is 0.207. The van der Waals surface area contributed by atoms with E-state index in [4.69, 9.17) is 9.47 Å². The minimum atomic E-state index is -0.919. The van der Waals surface area contributed by atoms with Gasteiger partial charge in [0.25, 0.3) is 5.69 Å². The first-order chi connectivity index (χ1) is 19.7. The number of carbonyl (C=O) groups excluding carboxylic acids is 2. The number of thiazole rings is 1. The van der Waals surface area contributed by atoms with Gasteiger partial charge in [0, 0.05) is 28.5 Å². The minimum Gasteiger partial charge on any atom is -0.497 e. The van der Waals surface area contributed by atoms with Crippen molar-refractivity contribution >= 4 is 46.3 Å². The van der Waals surface area contributed by atoms with Crippen molar-refractivity contribution in [1.82, 2.24) is 4.98 Å². The summed E-state index contributed by atoms with van der Waals surface area (Å²) in [6, 6.07) is 18.6. The zero-order valence-electron chi connectivity index (χ0n) is 21.9. The summed E-state index contributed by atoms with van der Waals surface area (Å²) in [7, 11) is 1.52. The number of aromatic amines is 1. The number of amides is 2. The van der Waals surface area contributed by atoms with Gasteiger partial charge in [-0.2, -0.15) is 0 Å². The Morgan fingerprint density at radius 2 is 1.73 bits per heavy atom. The highest BCUT2D eigenvalue weighted by Gasteiger charge is 2.57. The lowest BCUT2D eigenvalue weighted by Crippen LogP contribution is -2.32. The van der Waals surface area contributed by atoms with Crippen LogP contribution in [0.1, 0.15) is 27.5 Å². The second-order valence-corrected chi connectivity index (χ2v) is 11.9. The van der Waals surface area contributed by atoms with Crippen molar-refractivity contribution in [2.24, 2.45) is 5.92 Å². The van der Waals surface area contributed by atoms with Crippen LogP contribution in [-0.4, -0.2) is 34.1 Å². The average molecular weight is 590 g/mol. The number of nitrogens with zero attached hydrogens (tertiary/aromatic N) is 2. The van der Waals surface area contributed by atoms with Crippen LogP contribution >= 0.6 is 23.1 Å². The van der Waals surface area contributed by atoms with Crippen molar-refractivity contribution < 1.29 is 24.0 Å². The third kappa shape index (κ3) is 4.78. The molecule has 1 saturated heterocycles. The van der Waals surface area contributed by atoms with Crippen LogP contribution in [0.25, 0.3) is 0 Å². The molecular formula is C29H23N3O7S2. The molecular weight excluding hydrogens is 566 g/mol. The molecule has 0 aliphatic carbocycles. The van der Waals surface area contributed by atoms with Crippen LogP contribution in [0.2, 0.25) is 0 Å². The first-order valence-corrected chi connectivity index (χ1v) is 14.3. The summed E-state index contributed by atoms with van der Waals surface area (Å²) in [4.78, 5) is 55.7. The molecule has 3 heterocycles. The van der Waals surface area contributed by atoms with E-state index in [0.29, 0.717) is 32.7 Å². The monoisotopic (exact) mass is 589 g/mol. The van der Waals surface area contributed by atoms with Crippen molar-refractivity contribution in [2.75, 3.05) is 12.0 Å². The molecule has 1 aromatic heterocycles. The van der Waals surface area contributed by atoms with Gasteiger partial charge in [0.2, 0.25) is 11.8 Å². The molecule has 2 aliphatic heterocycles. The molecule has 208 valence electrons. The highest BCUT2D eigenvalue weighted by molar-refractivity contribution is 8.00. The van der Waals surface area contributed by atoms with E-state index < -0.39 is 33.8 Å². The number of methoxy groups -OCH3 is 1. The number of anilines is 1. The van der Waals surface area contributed by atoms with Crippen LogP contribution in [0, 0.1) is 23.0 Å². The van der Waals surface area contributed by atoms with Gasteiger partial charge in [-0.15, -0.1) is 0 Å². The molecule has 2 aliphatic rings. The summed E-state index contributed by atoms with van der Waals surface area (Å²) >= 11 is 2.07. The maximum absolute atomic E-state index is 14.0. The molecule has 0 bridgehead atoms. The van der Waals surface area contributed by atoms with Gasteiger partial charge in [-0.1, -0.05) is 52.9 Å². The number of aromatic nitrogens is 1. The van der Waals surface area contributed by atoms with Crippen LogP contribution in [0.15, 0.2) is 76.6 Å². The third-order valence-electron chi connectivity index (χ3n) is 7.21. The number of H-pyrrole nitrogens is 1. The fourth-order valence-corrected chi connectivity index (χ4v) is 7.71. The van der Waals surface area contributed by atoms with Crippen molar-refractivity contribution in [3.05, 3.63) is 108 Å². The molecule has 0 radical (unpaired) electrons. The standard InChI is InChI=1S/C29H23N3O7S2/c1-15-3-5-16(6-4-15)14-39-21-12-9-18(32(36)37)13-20(21)22-23-25(40-26-24(22)41-29(35)30-26)28(34)31(27(23)33)17-7-10-19(38-2)11-8-17/h3-13,22-23,25H,14H2,1-2H3,(H,30,35). The quantitative estimate of drug-likeness (QED) is 0.180. The van der Waals surface area contributed by atoms with Gasteiger partial charge in [-0.05, 0) is 42.8 Å². The fourth-order valence-electron chi connectivity index (χ4n) is 5.21. The van der Waals surface area contributed by atoms with Gasteiger partial charge in [-0.3, -0.25) is 24.5 Å². The molecule has 0 spiro atoms. The first kappa shape index (κ1) is 26.8. The third-order valence-corrected chi connectivity index (χ3v) is 9.61. The number of carbonyl (C=O) groups is 2. The second kappa shape index (κ2) is 10.5.